The van der Waals surface area contributed by atoms with Crippen molar-refractivity contribution in [2.24, 2.45) is 0 Å². The zero-order valence-corrected chi connectivity index (χ0v) is 9.41. The predicted octanol–water partition coefficient (Wildman–Crippen LogP) is 1.18. The van der Waals surface area contributed by atoms with Gasteiger partial charge in [-0.1, -0.05) is 0 Å². The van der Waals surface area contributed by atoms with Crippen LogP contribution < -0.4 is 3.61 Å². The zero-order chi connectivity index (χ0) is 8.55. The Morgan fingerprint density at radius 3 is 3.17 bits per heavy atom. The number of benzene rings is 1. The zero-order valence-electron chi connectivity index (χ0n) is 7.08. The third-order valence-corrected chi connectivity index (χ3v) is 5.33. The number of aliphatic hydroxyl groups excluding tert-OH is 1. The molecule has 1 aromatic rings. The third kappa shape index (κ3) is 1.52. The molecule has 64 valence electrons. The maximum absolute atomic E-state index is 9.67. The third-order valence-electron chi connectivity index (χ3n) is 2.18. The van der Waals surface area contributed by atoms with Gasteiger partial charge in [-0.25, -0.2) is 0 Å². The summed E-state index contributed by atoms with van der Waals surface area (Å²) >= 11 is 0.0198. The van der Waals surface area contributed by atoms with Crippen molar-refractivity contribution in [2.75, 3.05) is 0 Å². The molecule has 0 fully saturated rings. The summed E-state index contributed by atoms with van der Waals surface area (Å²) in [6.07, 6.45) is 0.803. The Morgan fingerprint density at radius 1 is 1.50 bits per heavy atom. The van der Waals surface area contributed by atoms with E-state index >= 15 is 0 Å². The maximum atomic E-state index is 9.67. The number of aryl methyl sites for hydroxylation is 1. The van der Waals surface area contributed by atoms with Crippen LogP contribution in [0.4, 0.5) is 0 Å². The number of rotatable bonds is 0. The van der Waals surface area contributed by atoms with Crippen LogP contribution in [-0.2, 0) is 0 Å². The Hall–Kier alpha value is -0.0304. The van der Waals surface area contributed by atoms with Crippen molar-refractivity contribution in [1.29, 1.82) is 0 Å². The molecular weight excluding hydrogens is 264 g/mol. The van der Waals surface area contributed by atoms with Gasteiger partial charge in [0.2, 0.25) is 0 Å². The van der Waals surface area contributed by atoms with Crippen molar-refractivity contribution < 1.29 is 5.11 Å². The molecule has 2 heteroatoms. The van der Waals surface area contributed by atoms with Gasteiger partial charge in [-0.3, -0.25) is 0 Å². The normalized spacial score (nSPS) is 22.0. The fourth-order valence-electron chi connectivity index (χ4n) is 1.48. The van der Waals surface area contributed by atoms with E-state index in [0.29, 0.717) is 0 Å². The van der Waals surface area contributed by atoms with Crippen LogP contribution >= 0.6 is 0 Å². The van der Waals surface area contributed by atoms with Crippen LogP contribution in [0.3, 0.4) is 0 Å². The molecule has 1 aliphatic heterocycles. The van der Waals surface area contributed by atoms with Crippen molar-refractivity contribution in [1.82, 2.24) is 0 Å². The fourth-order valence-corrected chi connectivity index (χ4v) is 4.91. The van der Waals surface area contributed by atoms with Crippen molar-refractivity contribution in [3.63, 3.8) is 0 Å². The summed E-state index contributed by atoms with van der Waals surface area (Å²) in [4.78, 5) is 0. The molecule has 0 saturated heterocycles. The molecule has 0 amide bonds. The minimum absolute atomic E-state index is 0.0198. The van der Waals surface area contributed by atoms with E-state index in [-0.39, 0.29) is 27.0 Å². The number of fused-ring (bicyclic) bond motifs is 1. The quantitative estimate of drug-likeness (QED) is 0.705. The molecule has 0 radical (unpaired) electrons. The van der Waals surface area contributed by atoms with Gasteiger partial charge < -0.3 is 0 Å². The molecule has 1 nitrogen and oxygen atoms in total. The van der Waals surface area contributed by atoms with Gasteiger partial charge in [-0.15, -0.1) is 0 Å². The molecule has 1 N–H and O–H groups in total. The second kappa shape index (κ2) is 3.38. The second-order valence-electron chi connectivity index (χ2n) is 3.19. The molecule has 1 unspecified atom stereocenters. The fraction of sp³-hybridized carbons (Fsp3) is 0.400. The SMILES string of the molecule is Cc1ccc2c(c1)[Te]CCC2O. The first kappa shape index (κ1) is 8.56. The first-order valence-electron chi connectivity index (χ1n) is 4.19. The van der Waals surface area contributed by atoms with Gasteiger partial charge >= 0.3 is 82.9 Å². The Bertz CT molecular complexity index is 296. The predicted molar refractivity (Wildman–Crippen MR) is 51.0 cm³/mol. The monoisotopic (exact) mass is 278 g/mol. The van der Waals surface area contributed by atoms with Gasteiger partial charge in [0.25, 0.3) is 0 Å². The molecule has 0 aromatic heterocycles. The van der Waals surface area contributed by atoms with E-state index in [0.717, 1.165) is 6.42 Å². The van der Waals surface area contributed by atoms with Crippen LogP contribution in [0.25, 0.3) is 0 Å². The molecule has 0 bridgehead atoms. The summed E-state index contributed by atoms with van der Waals surface area (Å²) in [5.74, 6) is 0. The van der Waals surface area contributed by atoms with Gasteiger partial charge in [-0.05, 0) is 0 Å². The summed E-state index contributed by atoms with van der Waals surface area (Å²) in [5, 5.41) is 9.67. The van der Waals surface area contributed by atoms with Gasteiger partial charge in [0.1, 0.15) is 0 Å². The summed E-state index contributed by atoms with van der Waals surface area (Å²) in [7, 11) is 0. The molecule has 12 heavy (non-hydrogen) atoms. The van der Waals surface area contributed by atoms with Gasteiger partial charge in [0.05, 0.1) is 0 Å². The molecule has 1 aliphatic rings. The van der Waals surface area contributed by atoms with Gasteiger partial charge in [0, 0.05) is 0 Å². The van der Waals surface area contributed by atoms with Gasteiger partial charge in [-0.2, -0.15) is 0 Å². The summed E-state index contributed by atoms with van der Waals surface area (Å²) in [6.45, 7) is 2.12. The molecule has 1 aromatic carbocycles. The molecule has 0 aliphatic carbocycles. The van der Waals surface area contributed by atoms with Crippen molar-refractivity contribution in [3.05, 3.63) is 29.3 Å². The average Bonchev–Trinajstić information content (AvgIpc) is 2.04. The van der Waals surface area contributed by atoms with Crippen molar-refractivity contribution >= 4 is 24.5 Å². The van der Waals surface area contributed by atoms with Crippen LogP contribution in [0.1, 0.15) is 23.7 Å². The first-order valence-corrected chi connectivity index (χ1v) is 7.00. The van der Waals surface area contributed by atoms with Gasteiger partial charge in [0.15, 0.2) is 0 Å². The van der Waals surface area contributed by atoms with E-state index < -0.39 is 0 Å². The topological polar surface area (TPSA) is 20.2 Å². The van der Waals surface area contributed by atoms with E-state index in [1.54, 1.807) is 0 Å². The van der Waals surface area contributed by atoms with Crippen molar-refractivity contribution in [3.8, 4) is 0 Å². The minimum atomic E-state index is -0.181. The number of hydrogen-bond acceptors (Lipinski definition) is 1. The summed E-state index contributed by atoms with van der Waals surface area (Å²) in [6, 6.07) is 6.44. The van der Waals surface area contributed by atoms with E-state index in [9.17, 15) is 5.11 Å². The number of aliphatic hydroxyl groups is 1. The van der Waals surface area contributed by atoms with Crippen LogP contribution in [0.15, 0.2) is 18.2 Å². The van der Waals surface area contributed by atoms with E-state index in [2.05, 4.69) is 25.1 Å². The van der Waals surface area contributed by atoms with E-state index in [1.165, 1.54) is 19.2 Å². The van der Waals surface area contributed by atoms with E-state index in [4.69, 9.17) is 0 Å². The molecule has 1 heterocycles. The Morgan fingerprint density at radius 2 is 2.33 bits per heavy atom. The van der Waals surface area contributed by atoms with E-state index in [1.807, 2.05) is 0 Å². The van der Waals surface area contributed by atoms with Crippen LogP contribution in [0.2, 0.25) is 4.47 Å². The van der Waals surface area contributed by atoms with Crippen molar-refractivity contribution in [2.45, 2.75) is 23.9 Å². The standard InChI is InChI=1S/C10H12OTe/c1-7-2-3-8-9(11)4-5-12-10(8)6-7/h2-3,6,9,11H,4-5H2,1H3. The van der Waals surface area contributed by atoms with Crippen LogP contribution in [0, 0.1) is 6.92 Å². The Balaban J connectivity index is 2.46. The van der Waals surface area contributed by atoms with Crippen LogP contribution in [-0.4, -0.2) is 26.0 Å². The molecule has 0 saturated carbocycles. The molecule has 1 atom stereocenters. The second-order valence-corrected chi connectivity index (χ2v) is 6.44. The Kier molecular flexibility index (Phi) is 2.41. The molecule has 2 rings (SSSR count). The average molecular weight is 276 g/mol. The molecular formula is C10H12OTe. The number of hydrogen-bond donors (Lipinski definition) is 1. The first-order chi connectivity index (χ1) is 5.77. The molecule has 0 spiro atoms. The summed E-state index contributed by atoms with van der Waals surface area (Å²) in [5.41, 5.74) is 2.53. The van der Waals surface area contributed by atoms with Crippen LogP contribution in [0.5, 0.6) is 0 Å². The Labute approximate surface area is 82.9 Å². The summed E-state index contributed by atoms with van der Waals surface area (Å²) < 4.78 is 2.72.